The molecule has 1 aliphatic rings. The van der Waals surface area contributed by atoms with E-state index in [4.69, 9.17) is 9.97 Å². The summed E-state index contributed by atoms with van der Waals surface area (Å²) in [5.74, 6) is 2.11. The topological polar surface area (TPSA) is 32.3 Å². The third-order valence-electron chi connectivity index (χ3n) is 10.9. The number of pyridine rings is 2. The van der Waals surface area contributed by atoms with Crippen LogP contribution in [0.4, 0.5) is 28.7 Å². The lowest BCUT2D eigenvalue weighted by Gasteiger charge is -2.34. The molecule has 1 atom stereocenters. The summed E-state index contributed by atoms with van der Waals surface area (Å²) in [6.07, 6.45) is 4.68. The lowest BCUT2D eigenvalue weighted by Crippen LogP contribution is -2.28. The van der Waals surface area contributed by atoms with Crippen molar-refractivity contribution in [2.75, 3.05) is 9.80 Å². The van der Waals surface area contributed by atoms with Crippen LogP contribution < -0.4 is 15.0 Å². The second-order valence-corrected chi connectivity index (χ2v) is 13.9. The molecule has 4 nitrogen and oxygen atoms in total. The second kappa shape index (κ2) is 12.1. The molecule has 52 heavy (non-hydrogen) atoms. The quantitative estimate of drug-likeness (QED) is 0.176. The molecule has 7 aromatic carbocycles. The van der Waals surface area contributed by atoms with Crippen molar-refractivity contribution in [2.45, 2.75) is 26.2 Å². The van der Waals surface area contributed by atoms with E-state index >= 15 is 0 Å². The Morgan fingerprint density at radius 2 is 1.08 bits per heavy atom. The molecule has 0 radical (unpaired) electrons. The zero-order chi connectivity index (χ0) is 34.8. The Labute approximate surface area is 302 Å². The number of anilines is 5. The van der Waals surface area contributed by atoms with Gasteiger partial charge in [0.1, 0.15) is 11.6 Å². The fourth-order valence-electron chi connectivity index (χ4n) is 8.54. The van der Waals surface area contributed by atoms with Crippen LogP contribution in [0.3, 0.4) is 0 Å². The van der Waals surface area contributed by atoms with Crippen molar-refractivity contribution in [2.24, 2.45) is 0 Å². The molecular weight excluding hydrogens is 633 g/mol. The molecule has 0 spiro atoms. The highest BCUT2D eigenvalue weighted by atomic mass is 15.2. The van der Waals surface area contributed by atoms with Gasteiger partial charge < -0.3 is 0 Å². The number of hydrogen-bond donors (Lipinski definition) is 0. The van der Waals surface area contributed by atoms with E-state index in [1.165, 1.54) is 65.1 Å². The number of nitrogens with zero attached hydrogens (tertiary/aromatic N) is 4. The summed E-state index contributed by atoms with van der Waals surface area (Å²) in [5.41, 5.74) is 7.27. The summed E-state index contributed by atoms with van der Waals surface area (Å²) >= 11 is 0. The molecule has 2 heterocycles. The van der Waals surface area contributed by atoms with E-state index in [0.29, 0.717) is 5.92 Å². The van der Waals surface area contributed by atoms with Crippen LogP contribution in [0.1, 0.15) is 30.4 Å². The Balaban J connectivity index is 1.31. The minimum Gasteiger partial charge on any atom is -0.298 e. The molecule has 9 aromatic rings. The maximum Gasteiger partial charge on any atom is 0.137 e. The van der Waals surface area contributed by atoms with Gasteiger partial charge in [-0.1, -0.05) is 116 Å². The first-order chi connectivity index (χ1) is 25.7. The van der Waals surface area contributed by atoms with E-state index in [-0.39, 0.29) is 0 Å². The normalized spacial score (nSPS) is 14.0. The van der Waals surface area contributed by atoms with Gasteiger partial charge in [0.2, 0.25) is 0 Å². The molecule has 2 aromatic heterocycles. The second-order valence-electron chi connectivity index (χ2n) is 13.9. The molecule has 1 aliphatic carbocycles. The molecule has 0 bridgehead atoms. The van der Waals surface area contributed by atoms with Crippen LogP contribution in [-0.4, -0.2) is 9.97 Å². The van der Waals surface area contributed by atoms with Crippen LogP contribution in [0, 0.1) is 6.92 Å². The number of hydrogen-bond acceptors (Lipinski definition) is 4. The Morgan fingerprint density at radius 1 is 0.500 bits per heavy atom. The summed E-state index contributed by atoms with van der Waals surface area (Å²) in [6.45, 7) is 4.62. The van der Waals surface area contributed by atoms with E-state index in [2.05, 4.69) is 163 Å². The van der Waals surface area contributed by atoms with E-state index < -0.39 is 0 Å². The van der Waals surface area contributed by atoms with E-state index in [1.54, 1.807) is 0 Å². The van der Waals surface area contributed by atoms with Gasteiger partial charge in [0.25, 0.3) is 0 Å². The van der Waals surface area contributed by atoms with Crippen molar-refractivity contribution in [3.8, 4) is 0 Å². The average Bonchev–Trinajstić information content (AvgIpc) is 3.20. The zero-order valence-corrected chi connectivity index (χ0v) is 29.2. The molecule has 1 unspecified atom stereocenters. The summed E-state index contributed by atoms with van der Waals surface area (Å²) in [5, 5.41) is 11.2. The number of aryl methyl sites for hydroxylation is 1. The van der Waals surface area contributed by atoms with Crippen LogP contribution in [0.25, 0.3) is 48.8 Å². The highest BCUT2D eigenvalue weighted by Gasteiger charge is 2.29. The van der Waals surface area contributed by atoms with Gasteiger partial charge in [0.15, 0.2) is 0 Å². The lowest BCUT2D eigenvalue weighted by atomic mass is 9.81. The first-order valence-electron chi connectivity index (χ1n) is 18.1. The van der Waals surface area contributed by atoms with Crippen LogP contribution >= 0.6 is 0 Å². The monoisotopic (exact) mass is 668 g/mol. The third kappa shape index (κ3) is 4.68. The maximum atomic E-state index is 4.96. The average molecular weight is 669 g/mol. The fourth-order valence-corrected chi connectivity index (χ4v) is 8.54. The van der Waals surface area contributed by atoms with E-state index in [9.17, 15) is 0 Å². The first kappa shape index (κ1) is 30.3. The first-order valence-corrected chi connectivity index (χ1v) is 18.1. The predicted octanol–water partition coefficient (Wildman–Crippen LogP) is 12.0. The van der Waals surface area contributed by atoms with Crippen LogP contribution in [0.15, 0.2) is 164 Å². The van der Waals surface area contributed by atoms with Gasteiger partial charge >= 0.3 is 0 Å². The van der Waals surface area contributed by atoms with Crippen LogP contribution in [0.5, 0.6) is 0 Å². The molecule has 0 saturated carbocycles. The molecule has 248 valence electrons. The van der Waals surface area contributed by atoms with Crippen molar-refractivity contribution >= 4 is 77.5 Å². The molecule has 0 saturated heterocycles. The molecule has 0 N–H and O–H groups in total. The molecule has 10 rings (SSSR count). The van der Waals surface area contributed by atoms with Crippen LogP contribution in [0.2, 0.25) is 0 Å². The maximum absolute atomic E-state index is 4.96. The number of benzene rings is 7. The van der Waals surface area contributed by atoms with Crippen molar-refractivity contribution in [3.05, 3.63) is 180 Å². The van der Waals surface area contributed by atoms with Gasteiger partial charge in [-0.2, -0.15) is 0 Å². The van der Waals surface area contributed by atoms with Crippen molar-refractivity contribution < 1.29 is 0 Å². The Morgan fingerprint density at radius 3 is 1.73 bits per heavy atom. The zero-order valence-electron chi connectivity index (χ0n) is 29.2. The smallest absolute Gasteiger partial charge is 0.137 e. The highest BCUT2D eigenvalue weighted by Crippen LogP contribution is 2.47. The van der Waals surface area contributed by atoms with Crippen molar-refractivity contribution in [1.29, 1.82) is 0 Å². The third-order valence-corrected chi connectivity index (χ3v) is 10.9. The molecular formula is C48H36N4. The molecule has 4 heteroatoms. The largest absolute Gasteiger partial charge is 0.298 e. The van der Waals surface area contributed by atoms with Gasteiger partial charge in [-0.15, -0.1) is 0 Å². The van der Waals surface area contributed by atoms with Crippen LogP contribution in [-0.2, 0) is 0 Å². The minimum atomic E-state index is 0.299. The standard InChI is InChI=1S/C48H36N4/c1-31-29-43(51(45-21-7-9-27-49-45)41-19-11-15-33-13-3-5-17-37(33)41)39-26-24-36-32(2)30-44(40-25-23-35(31)47(39)48(36)40)52(46-22-8-10-28-50-46)42-20-12-16-34-14-4-6-18-38(34)42/h3-29,32H,30H2,1-2H3. The number of aromatic nitrogens is 2. The molecule has 0 amide bonds. The fraction of sp³-hybridized carbons (Fsp3) is 0.0833. The summed E-state index contributed by atoms with van der Waals surface area (Å²) in [4.78, 5) is 14.7. The van der Waals surface area contributed by atoms with Gasteiger partial charge in [-0.05, 0) is 99.8 Å². The Hall–Kier alpha value is -6.52. The van der Waals surface area contributed by atoms with Gasteiger partial charge in [-0.25, -0.2) is 9.97 Å². The predicted molar refractivity (Wildman–Crippen MR) is 218 cm³/mol. The lowest BCUT2D eigenvalue weighted by molar-refractivity contribution is 0.776. The number of rotatable bonds is 6. The van der Waals surface area contributed by atoms with Gasteiger partial charge in [0.05, 0.1) is 17.1 Å². The van der Waals surface area contributed by atoms with Crippen molar-refractivity contribution in [3.63, 3.8) is 0 Å². The summed E-state index contributed by atoms with van der Waals surface area (Å²) in [7, 11) is 0. The Bertz CT molecular complexity index is 2850. The Kier molecular flexibility index (Phi) is 7.03. The SMILES string of the molecule is Cc1cc(N(c2ccccn2)c2cccc3ccccc23)c2ccc3c4c(ccc1c24)=C(N(c1ccccn1)c1cccc2ccccc12)CC3C. The summed E-state index contributed by atoms with van der Waals surface area (Å²) < 4.78 is 0. The van der Waals surface area contributed by atoms with E-state index in [0.717, 1.165) is 35.1 Å². The summed E-state index contributed by atoms with van der Waals surface area (Å²) in [6, 6.07) is 54.6. The highest BCUT2D eigenvalue weighted by molar-refractivity contribution is 6.19. The van der Waals surface area contributed by atoms with Gasteiger partial charge in [0, 0.05) is 39.5 Å². The minimum absolute atomic E-state index is 0.299. The van der Waals surface area contributed by atoms with Crippen molar-refractivity contribution in [1.82, 2.24) is 9.97 Å². The number of fused-ring (bicyclic) bond motifs is 2. The molecule has 0 fully saturated rings. The molecule has 0 aliphatic heterocycles. The van der Waals surface area contributed by atoms with E-state index in [1.807, 2.05) is 24.5 Å². The van der Waals surface area contributed by atoms with Gasteiger partial charge in [-0.3, -0.25) is 9.80 Å².